The summed E-state index contributed by atoms with van der Waals surface area (Å²) in [5, 5.41) is 0. The summed E-state index contributed by atoms with van der Waals surface area (Å²) in [5.41, 5.74) is 0. The lowest BCUT2D eigenvalue weighted by Crippen LogP contribution is -1.96. The van der Waals surface area contributed by atoms with Crippen molar-refractivity contribution in [3.63, 3.8) is 0 Å². The molecule has 0 heterocycles. The van der Waals surface area contributed by atoms with Gasteiger partial charge in [0.2, 0.25) is 0 Å². The van der Waals surface area contributed by atoms with Crippen LogP contribution in [0.4, 0.5) is 0 Å². The quantitative estimate of drug-likeness (QED) is 0.857. The lowest BCUT2D eigenvalue weighted by molar-refractivity contribution is -0.167. The van der Waals surface area contributed by atoms with E-state index in [-0.39, 0.29) is 11.5 Å². The molecule has 0 spiro atoms. The van der Waals surface area contributed by atoms with Crippen molar-refractivity contribution < 1.29 is 18.8 Å². The van der Waals surface area contributed by atoms with Gasteiger partial charge in [0.1, 0.15) is 7.73 Å². The van der Waals surface area contributed by atoms with E-state index in [2.05, 4.69) is 0 Å². The highest BCUT2D eigenvalue weighted by molar-refractivity contribution is 7.75. The largest absolute Gasteiger partial charge is 0.786 e. The molecule has 0 aliphatic carbocycles. The third kappa shape index (κ3) is 4.14. The zero-order valence-electron chi connectivity index (χ0n) is 6.63. The Morgan fingerprint density at radius 1 is 1.14 bits per heavy atom. The van der Waals surface area contributed by atoms with Crippen molar-refractivity contribution in [2.24, 2.45) is 0 Å². The zero-order chi connectivity index (χ0) is 10.6. The van der Waals surface area contributed by atoms with Gasteiger partial charge in [0.05, 0.1) is 0 Å². The van der Waals surface area contributed by atoms with Gasteiger partial charge in [-0.25, -0.2) is 0 Å². The molecule has 14 heavy (non-hydrogen) atoms. The summed E-state index contributed by atoms with van der Waals surface area (Å²) in [5.74, 6) is 0.367. The Labute approximate surface area is 92.8 Å². The minimum Gasteiger partial charge on any atom is -0.786 e. The third-order valence-electron chi connectivity index (χ3n) is 1.19. The van der Waals surface area contributed by atoms with Crippen LogP contribution in [0, 0.1) is 0 Å². The van der Waals surface area contributed by atoms with Crippen LogP contribution in [0.5, 0.6) is 11.5 Å². The first-order valence-corrected chi connectivity index (χ1v) is 7.52. The maximum atomic E-state index is 10.6. The molecule has 0 aromatic heterocycles. The van der Waals surface area contributed by atoms with Crippen LogP contribution >= 0.6 is 37.9 Å². The molecule has 0 aliphatic heterocycles. The summed E-state index contributed by atoms with van der Waals surface area (Å²) >= 11 is 10.4. The SMILES string of the molecule is [O-]P(Cl)Oc1ccccc1OP(O)Cl. The molecule has 1 aromatic carbocycles. The van der Waals surface area contributed by atoms with Crippen molar-refractivity contribution in [1.29, 1.82) is 0 Å². The van der Waals surface area contributed by atoms with Crippen molar-refractivity contribution >= 4 is 37.9 Å². The van der Waals surface area contributed by atoms with Gasteiger partial charge in [-0.05, 0) is 23.4 Å². The maximum Gasteiger partial charge on any atom is 0.335 e. The summed E-state index contributed by atoms with van der Waals surface area (Å²) in [6.45, 7) is 0. The monoisotopic (exact) mass is 273 g/mol. The average Bonchev–Trinajstić information content (AvgIpc) is 2.06. The van der Waals surface area contributed by atoms with Gasteiger partial charge in [-0.2, -0.15) is 0 Å². The van der Waals surface area contributed by atoms with E-state index in [0.717, 1.165) is 0 Å². The highest BCUT2D eigenvalue weighted by Gasteiger charge is 2.09. The predicted octanol–water partition coefficient (Wildman–Crippen LogP) is 2.73. The van der Waals surface area contributed by atoms with Crippen LogP contribution in [-0.4, -0.2) is 4.89 Å². The number of hydrogen-bond donors (Lipinski definition) is 1. The van der Waals surface area contributed by atoms with Gasteiger partial charge < -0.3 is 18.8 Å². The number of rotatable bonds is 4. The second-order valence-corrected chi connectivity index (χ2v) is 5.01. The molecule has 8 heteroatoms. The first-order chi connectivity index (χ1) is 6.59. The number of halogens is 2. The summed E-state index contributed by atoms with van der Waals surface area (Å²) in [6, 6.07) is 6.31. The van der Waals surface area contributed by atoms with Gasteiger partial charge in [0, 0.05) is 0 Å². The van der Waals surface area contributed by atoms with Gasteiger partial charge in [0.15, 0.2) is 11.5 Å². The second-order valence-electron chi connectivity index (χ2n) is 2.07. The van der Waals surface area contributed by atoms with Crippen LogP contribution in [0.15, 0.2) is 24.3 Å². The molecule has 1 aromatic rings. The highest BCUT2D eigenvalue weighted by atomic mass is 35.7. The van der Waals surface area contributed by atoms with E-state index in [1.165, 1.54) is 12.1 Å². The van der Waals surface area contributed by atoms with E-state index in [1.54, 1.807) is 12.1 Å². The van der Waals surface area contributed by atoms with E-state index in [9.17, 15) is 4.89 Å². The third-order valence-corrected chi connectivity index (χ3v) is 2.29. The normalized spacial score (nSPS) is 14.6. The van der Waals surface area contributed by atoms with Gasteiger partial charge in [-0.1, -0.05) is 23.4 Å². The average molecular weight is 274 g/mol. The highest BCUT2D eigenvalue weighted by Crippen LogP contribution is 2.45. The smallest absolute Gasteiger partial charge is 0.335 e. The van der Waals surface area contributed by atoms with Gasteiger partial charge in [-0.15, -0.1) is 0 Å². The van der Waals surface area contributed by atoms with E-state index in [4.69, 9.17) is 36.4 Å². The van der Waals surface area contributed by atoms with Gasteiger partial charge in [0.25, 0.3) is 0 Å². The predicted molar refractivity (Wildman–Crippen MR) is 55.5 cm³/mol. The van der Waals surface area contributed by atoms with Crippen LogP contribution in [0.3, 0.4) is 0 Å². The molecular weight excluding hydrogens is 269 g/mol. The number of hydrogen-bond acceptors (Lipinski definition) is 4. The molecule has 78 valence electrons. The second kappa shape index (κ2) is 5.92. The maximum absolute atomic E-state index is 10.6. The Morgan fingerprint density at radius 2 is 1.64 bits per heavy atom. The van der Waals surface area contributed by atoms with Crippen molar-refractivity contribution in [2.75, 3.05) is 0 Å². The molecule has 0 radical (unpaired) electrons. The molecule has 1 rings (SSSR count). The van der Waals surface area contributed by atoms with Crippen molar-refractivity contribution in [3.8, 4) is 11.5 Å². The molecule has 0 fully saturated rings. The zero-order valence-corrected chi connectivity index (χ0v) is 9.93. The van der Waals surface area contributed by atoms with Crippen LogP contribution in [0.2, 0.25) is 0 Å². The fourth-order valence-electron chi connectivity index (χ4n) is 0.759. The molecule has 1 N–H and O–H groups in total. The summed E-state index contributed by atoms with van der Waals surface area (Å²) in [4.78, 5) is 19.4. The summed E-state index contributed by atoms with van der Waals surface area (Å²) in [7, 11) is -4.36. The summed E-state index contributed by atoms with van der Waals surface area (Å²) in [6.07, 6.45) is 0. The Kier molecular flexibility index (Phi) is 5.18. The molecule has 0 bridgehead atoms. The Hall–Kier alpha value is 0.180. The van der Waals surface area contributed by atoms with Crippen LogP contribution in [0.25, 0.3) is 0 Å². The fraction of sp³-hybridized carbons (Fsp3) is 0. The fourth-order valence-corrected chi connectivity index (χ4v) is 1.82. The van der Waals surface area contributed by atoms with E-state index < -0.39 is 15.5 Å². The first-order valence-electron chi connectivity index (χ1n) is 3.32. The Balaban J connectivity index is 2.80. The Bertz CT molecular complexity index is 268. The molecule has 0 aliphatic rings. The molecule has 4 nitrogen and oxygen atoms in total. The van der Waals surface area contributed by atoms with E-state index in [1.807, 2.05) is 0 Å². The molecular formula is C6H5Cl2O4P2-. The number of para-hydroxylation sites is 2. The van der Waals surface area contributed by atoms with Crippen molar-refractivity contribution in [1.82, 2.24) is 0 Å². The van der Waals surface area contributed by atoms with Crippen molar-refractivity contribution in [2.45, 2.75) is 0 Å². The van der Waals surface area contributed by atoms with Crippen LogP contribution in [0.1, 0.15) is 0 Å². The Morgan fingerprint density at radius 3 is 2.07 bits per heavy atom. The van der Waals surface area contributed by atoms with Gasteiger partial charge in [-0.3, -0.25) is 0 Å². The van der Waals surface area contributed by atoms with Crippen LogP contribution in [-0.2, 0) is 0 Å². The molecule has 0 saturated carbocycles. The van der Waals surface area contributed by atoms with E-state index in [0.29, 0.717) is 0 Å². The van der Waals surface area contributed by atoms with Gasteiger partial charge >= 0.3 is 7.73 Å². The minimum absolute atomic E-state index is 0.172. The van der Waals surface area contributed by atoms with Crippen molar-refractivity contribution in [3.05, 3.63) is 24.3 Å². The lowest BCUT2D eigenvalue weighted by Gasteiger charge is -2.17. The molecule has 0 saturated heterocycles. The first kappa shape index (κ1) is 12.3. The molecule has 2 atom stereocenters. The summed E-state index contributed by atoms with van der Waals surface area (Å²) < 4.78 is 9.56. The topological polar surface area (TPSA) is 61.8 Å². The lowest BCUT2D eigenvalue weighted by atomic mass is 10.3. The number of benzene rings is 1. The van der Waals surface area contributed by atoms with E-state index >= 15 is 0 Å². The minimum atomic E-state index is -2.29. The van der Waals surface area contributed by atoms with Crippen LogP contribution < -0.4 is 13.9 Å². The molecule has 0 amide bonds. The molecule has 2 unspecified atom stereocenters. The standard InChI is InChI=1S/C6H5Cl2O4P2/c7-13(9)11-5-3-1-2-4-6(5)12-14(8)10/h1-4,9H/q-1.